The number of alkyl halides is 1. The largest absolute Gasteiger partial charge is 0.464 e. The van der Waals surface area contributed by atoms with Crippen molar-refractivity contribution in [1.29, 1.82) is 0 Å². The van der Waals surface area contributed by atoms with E-state index in [1.165, 1.54) is 10.4 Å². The lowest BCUT2D eigenvalue weighted by Gasteiger charge is -2.25. The molecule has 0 saturated carbocycles. The lowest BCUT2D eigenvalue weighted by atomic mass is 10.2. The van der Waals surface area contributed by atoms with Gasteiger partial charge >= 0.3 is 0 Å². The first-order valence-electron chi connectivity index (χ1n) is 6.01. The molecule has 1 heterocycles. The lowest BCUT2D eigenvalue weighted by Crippen LogP contribution is -2.36. The van der Waals surface area contributed by atoms with E-state index in [1.54, 1.807) is 14.0 Å². The van der Waals surface area contributed by atoms with Crippen LogP contribution in [0.4, 0.5) is 0 Å². The van der Waals surface area contributed by atoms with Gasteiger partial charge in [0.05, 0.1) is 5.88 Å². The zero-order valence-electron chi connectivity index (χ0n) is 11.2. The van der Waals surface area contributed by atoms with Crippen molar-refractivity contribution in [3.8, 4) is 0 Å². The molecule has 0 saturated heterocycles. The summed E-state index contributed by atoms with van der Waals surface area (Å²) in [5, 5.41) is 0. The molecular formula is C12H20ClNO3S. The Bertz CT molecular complexity index is 491. The quantitative estimate of drug-likeness (QED) is 0.757. The third-order valence-electron chi connectivity index (χ3n) is 3.17. The molecule has 1 rings (SSSR count). The normalized spacial score (nSPS) is 12.6. The number of hydrogen-bond acceptors (Lipinski definition) is 3. The predicted molar refractivity (Wildman–Crippen MR) is 72.3 cm³/mol. The molecule has 4 nitrogen and oxygen atoms in total. The number of aryl methyl sites for hydroxylation is 1. The Labute approximate surface area is 114 Å². The van der Waals surface area contributed by atoms with Crippen molar-refractivity contribution in [2.45, 2.75) is 50.4 Å². The average molecular weight is 294 g/mol. The minimum Gasteiger partial charge on any atom is -0.464 e. The SMILES string of the molecule is CCC(CC)N(C)S(=O)(=O)c1cc(CCl)oc1C. The Kier molecular flexibility index (Phi) is 5.25. The Morgan fingerprint density at radius 1 is 1.39 bits per heavy atom. The maximum Gasteiger partial charge on any atom is 0.246 e. The first-order valence-corrected chi connectivity index (χ1v) is 7.99. The van der Waals surface area contributed by atoms with Crippen LogP contribution in [0.15, 0.2) is 15.4 Å². The van der Waals surface area contributed by atoms with Gasteiger partial charge in [-0.1, -0.05) is 13.8 Å². The number of furan rings is 1. The molecule has 0 aliphatic heterocycles. The van der Waals surface area contributed by atoms with Crippen LogP contribution in [-0.2, 0) is 15.9 Å². The van der Waals surface area contributed by atoms with Crippen LogP contribution >= 0.6 is 11.6 Å². The zero-order chi connectivity index (χ0) is 13.9. The third-order valence-corrected chi connectivity index (χ3v) is 5.45. The van der Waals surface area contributed by atoms with E-state index < -0.39 is 10.0 Å². The molecule has 18 heavy (non-hydrogen) atoms. The molecule has 0 unspecified atom stereocenters. The molecule has 104 valence electrons. The van der Waals surface area contributed by atoms with Crippen LogP contribution in [0.25, 0.3) is 0 Å². The number of sulfonamides is 1. The Morgan fingerprint density at radius 2 is 1.94 bits per heavy atom. The van der Waals surface area contributed by atoms with E-state index in [4.69, 9.17) is 16.0 Å². The second-order valence-corrected chi connectivity index (χ2v) is 6.49. The summed E-state index contributed by atoms with van der Waals surface area (Å²) < 4.78 is 31.7. The summed E-state index contributed by atoms with van der Waals surface area (Å²) in [6, 6.07) is 1.51. The first kappa shape index (κ1) is 15.5. The fourth-order valence-corrected chi connectivity index (χ4v) is 3.82. The summed E-state index contributed by atoms with van der Waals surface area (Å²) in [4.78, 5) is 0.215. The van der Waals surface area contributed by atoms with E-state index in [2.05, 4.69) is 0 Å². The van der Waals surface area contributed by atoms with E-state index in [0.29, 0.717) is 11.5 Å². The van der Waals surface area contributed by atoms with E-state index in [1.807, 2.05) is 13.8 Å². The maximum atomic E-state index is 12.5. The summed E-state index contributed by atoms with van der Waals surface area (Å²) in [5.41, 5.74) is 0. The van der Waals surface area contributed by atoms with Crippen LogP contribution in [0, 0.1) is 6.92 Å². The van der Waals surface area contributed by atoms with Gasteiger partial charge in [-0.05, 0) is 19.8 Å². The summed E-state index contributed by atoms with van der Waals surface area (Å²) in [6.07, 6.45) is 1.57. The summed E-state index contributed by atoms with van der Waals surface area (Å²) in [5.74, 6) is 1.04. The highest BCUT2D eigenvalue weighted by Gasteiger charge is 2.29. The number of nitrogens with zero attached hydrogens (tertiary/aromatic N) is 1. The van der Waals surface area contributed by atoms with Crippen LogP contribution in [-0.4, -0.2) is 25.8 Å². The molecule has 6 heteroatoms. The molecule has 1 aromatic rings. The molecular weight excluding hydrogens is 274 g/mol. The smallest absolute Gasteiger partial charge is 0.246 e. The van der Waals surface area contributed by atoms with E-state index in [-0.39, 0.29) is 16.8 Å². The highest BCUT2D eigenvalue weighted by molar-refractivity contribution is 7.89. The molecule has 0 atom stereocenters. The molecule has 0 N–H and O–H groups in total. The van der Waals surface area contributed by atoms with Crippen LogP contribution < -0.4 is 0 Å². The van der Waals surface area contributed by atoms with Gasteiger partial charge in [0, 0.05) is 19.2 Å². The highest BCUT2D eigenvalue weighted by Crippen LogP contribution is 2.26. The van der Waals surface area contributed by atoms with Gasteiger partial charge in [-0.25, -0.2) is 8.42 Å². The van der Waals surface area contributed by atoms with Gasteiger partial charge in [0.2, 0.25) is 10.0 Å². The third kappa shape index (κ3) is 2.90. The molecule has 0 amide bonds. The minimum atomic E-state index is -3.50. The summed E-state index contributed by atoms with van der Waals surface area (Å²) in [6.45, 7) is 5.60. The van der Waals surface area contributed by atoms with E-state index in [9.17, 15) is 8.42 Å². The van der Waals surface area contributed by atoms with Gasteiger partial charge < -0.3 is 4.42 Å². The topological polar surface area (TPSA) is 50.5 Å². The van der Waals surface area contributed by atoms with E-state index in [0.717, 1.165) is 12.8 Å². The monoisotopic (exact) mass is 293 g/mol. The Morgan fingerprint density at radius 3 is 2.33 bits per heavy atom. The van der Waals surface area contributed by atoms with Gasteiger partial charge in [-0.15, -0.1) is 11.6 Å². The lowest BCUT2D eigenvalue weighted by molar-refractivity contribution is 0.349. The van der Waals surface area contributed by atoms with Gasteiger partial charge in [-0.3, -0.25) is 0 Å². The Balaban J connectivity index is 3.16. The minimum absolute atomic E-state index is 0.00347. The highest BCUT2D eigenvalue weighted by atomic mass is 35.5. The van der Waals surface area contributed by atoms with Gasteiger partial charge in [0.15, 0.2) is 0 Å². The van der Waals surface area contributed by atoms with Crippen molar-refractivity contribution in [1.82, 2.24) is 4.31 Å². The average Bonchev–Trinajstić information content (AvgIpc) is 2.72. The second kappa shape index (κ2) is 6.08. The van der Waals surface area contributed by atoms with Crippen LogP contribution in [0.3, 0.4) is 0 Å². The zero-order valence-corrected chi connectivity index (χ0v) is 12.8. The molecule has 0 fully saturated rings. The van der Waals surface area contributed by atoms with Crippen molar-refractivity contribution in [3.63, 3.8) is 0 Å². The summed E-state index contributed by atoms with van der Waals surface area (Å²) in [7, 11) is -1.89. The molecule has 0 aromatic carbocycles. The van der Waals surface area contributed by atoms with Crippen molar-refractivity contribution in [2.24, 2.45) is 0 Å². The molecule has 0 spiro atoms. The molecule has 0 radical (unpaired) electrons. The second-order valence-electron chi connectivity index (χ2n) is 4.26. The molecule has 0 aliphatic rings. The fourth-order valence-electron chi connectivity index (χ4n) is 2.00. The number of rotatable bonds is 6. The first-order chi connectivity index (χ1) is 8.38. The molecule has 0 aliphatic carbocycles. The van der Waals surface area contributed by atoms with Crippen molar-refractivity contribution in [2.75, 3.05) is 7.05 Å². The van der Waals surface area contributed by atoms with Crippen molar-refractivity contribution >= 4 is 21.6 Å². The van der Waals surface area contributed by atoms with Crippen LogP contribution in [0.5, 0.6) is 0 Å². The number of hydrogen-bond donors (Lipinski definition) is 0. The van der Waals surface area contributed by atoms with Crippen LogP contribution in [0.2, 0.25) is 0 Å². The van der Waals surface area contributed by atoms with Crippen molar-refractivity contribution in [3.05, 3.63) is 17.6 Å². The molecule has 1 aromatic heterocycles. The van der Waals surface area contributed by atoms with Gasteiger partial charge in [-0.2, -0.15) is 4.31 Å². The van der Waals surface area contributed by atoms with Gasteiger partial charge in [0.1, 0.15) is 16.4 Å². The maximum absolute atomic E-state index is 12.5. The van der Waals surface area contributed by atoms with Crippen LogP contribution in [0.1, 0.15) is 38.2 Å². The fraction of sp³-hybridized carbons (Fsp3) is 0.667. The Hall–Kier alpha value is -0.520. The number of halogens is 1. The molecule has 0 bridgehead atoms. The van der Waals surface area contributed by atoms with Gasteiger partial charge in [0.25, 0.3) is 0 Å². The van der Waals surface area contributed by atoms with E-state index >= 15 is 0 Å². The predicted octanol–water partition coefficient (Wildman–Crippen LogP) is 3.14. The standard InChI is InChI=1S/C12H20ClNO3S/c1-5-10(6-2)14(4)18(15,16)12-7-11(8-13)17-9(12)3/h7,10H,5-6,8H2,1-4H3. The van der Waals surface area contributed by atoms with Crippen molar-refractivity contribution < 1.29 is 12.8 Å². The summed E-state index contributed by atoms with van der Waals surface area (Å²) >= 11 is 5.66.